The fraction of sp³-hybridized carbons (Fsp3) is 0.529. The number of carbonyl (C=O) groups is 1. The maximum atomic E-state index is 12.4. The van der Waals surface area contributed by atoms with Gasteiger partial charge >= 0.3 is 0 Å². The van der Waals surface area contributed by atoms with Crippen molar-refractivity contribution in [3.05, 3.63) is 30.1 Å². The van der Waals surface area contributed by atoms with Crippen molar-refractivity contribution < 1.29 is 13.2 Å². The minimum atomic E-state index is -3.16. The van der Waals surface area contributed by atoms with Crippen LogP contribution in [-0.4, -0.2) is 47.0 Å². The highest BCUT2D eigenvalue weighted by molar-refractivity contribution is 7.89. The number of carbonyl (C=O) groups excluding carboxylic acids is 1. The summed E-state index contributed by atoms with van der Waals surface area (Å²) in [6, 6.07) is 7.85. The number of fused-ring (bicyclic) bond motifs is 1. The van der Waals surface area contributed by atoms with Crippen LogP contribution in [0.2, 0.25) is 0 Å². The zero-order valence-corrected chi connectivity index (χ0v) is 15.4. The van der Waals surface area contributed by atoms with Crippen LogP contribution in [0.15, 0.2) is 24.3 Å². The lowest BCUT2D eigenvalue weighted by Gasteiger charge is -2.30. The van der Waals surface area contributed by atoms with Gasteiger partial charge in [-0.3, -0.25) is 4.79 Å². The van der Waals surface area contributed by atoms with Crippen LogP contribution in [0, 0.1) is 5.92 Å². The van der Waals surface area contributed by atoms with E-state index in [0.29, 0.717) is 32.5 Å². The number of nitrogens with one attached hydrogen (secondary N) is 1. The first-order valence-corrected chi connectivity index (χ1v) is 10.2. The first-order valence-electron chi connectivity index (χ1n) is 8.58. The molecule has 1 aromatic heterocycles. The van der Waals surface area contributed by atoms with Crippen LogP contribution in [0.1, 0.15) is 25.6 Å². The average Bonchev–Trinajstić information content (AvgIpc) is 2.96. The SMILES string of the molecule is CCS(=O)(=O)N1CCC(C(=O)NCc2nc3ccccc3n2C)CC1. The average molecular weight is 364 g/mol. The standard InChI is InChI=1S/C17H24N4O3S/c1-3-25(23,24)21-10-8-13(9-11-21)17(22)18-12-16-19-14-6-4-5-7-15(14)20(16)2/h4-7,13H,3,8-12H2,1-2H3,(H,18,22). The Morgan fingerprint density at radius 3 is 2.60 bits per heavy atom. The van der Waals surface area contributed by atoms with Crippen molar-refractivity contribution in [3.8, 4) is 0 Å². The van der Waals surface area contributed by atoms with E-state index in [-0.39, 0.29) is 17.6 Å². The molecule has 1 saturated heterocycles. The summed E-state index contributed by atoms with van der Waals surface area (Å²) in [4.78, 5) is 17.0. The van der Waals surface area contributed by atoms with E-state index >= 15 is 0 Å². The summed E-state index contributed by atoms with van der Waals surface area (Å²) < 4.78 is 27.2. The molecule has 0 radical (unpaired) electrons. The van der Waals surface area contributed by atoms with E-state index in [2.05, 4.69) is 10.3 Å². The van der Waals surface area contributed by atoms with Crippen molar-refractivity contribution in [2.24, 2.45) is 13.0 Å². The molecule has 3 rings (SSSR count). The Morgan fingerprint density at radius 1 is 1.28 bits per heavy atom. The van der Waals surface area contributed by atoms with Crippen molar-refractivity contribution in [1.82, 2.24) is 19.2 Å². The molecule has 136 valence electrons. The lowest BCUT2D eigenvalue weighted by molar-refractivity contribution is -0.126. The normalized spacial score (nSPS) is 17.0. The second-order valence-corrected chi connectivity index (χ2v) is 8.63. The Morgan fingerprint density at radius 2 is 1.96 bits per heavy atom. The van der Waals surface area contributed by atoms with Crippen LogP contribution >= 0.6 is 0 Å². The number of imidazole rings is 1. The van der Waals surface area contributed by atoms with Gasteiger partial charge in [-0.15, -0.1) is 0 Å². The first kappa shape index (κ1) is 17.9. The van der Waals surface area contributed by atoms with Crippen LogP contribution in [0.3, 0.4) is 0 Å². The van der Waals surface area contributed by atoms with E-state index in [1.807, 2.05) is 35.9 Å². The Bertz CT molecular complexity index is 867. The molecule has 0 bridgehead atoms. The Hall–Kier alpha value is -1.93. The second-order valence-electron chi connectivity index (χ2n) is 6.37. The molecule has 2 heterocycles. The highest BCUT2D eigenvalue weighted by atomic mass is 32.2. The fourth-order valence-electron chi connectivity index (χ4n) is 3.24. The molecule has 1 fully saturated rings. The number of piperidine rings is 1. The maximum absolute atomic E-state index is 12.4. The van der Waals surface area contributed by atoms with Crippen molar-refractivity contribution in [3.63, 3.8) is 0 Å². The summed E-state index contributed by atoms with van der Waals surface area (Å²) >= 11 is 0. The van der Waals surface area contributed by atoms with Gasteiger partial charge < -0.3 is 9.88 Å². The summed E-state index contributed by atoms with van der Waals surface area (Å²) in [5.41, 5.74) is 1.94. The van der Waals surface area contributed by atoms with Gasteiger partial charge in [-0.25, -0.2) is 17.7 Å². The molecular formula is C17H24N4O3S. The summed E-state index contributed by atoms with van der Waals surface area (Å²) in [5, 5.41) is 2.95. The van der Waals surface area contributed by atoms with Crippen molar-refractivity contribution >= 4 is 27.0 Å². The van der Waals surface area contributed by atoms with Gasteiger partial charge in [0, 0.05) is 26.1 Å². The molecular weight excluding hydrogens is 340 g/mol. The van der Waals surface area contributed by atoms with Gasteiger partial charge in [-0.1, -0.05) is 12.1 Å². The number of sulfonamides is 1. The molecule has 1 aliphatic rings. The Kier molecular flexibility index (Phi) is 5.10. The summed E-state index contributed by atoms with van der Waals surface area (Å²) in [7, 11) is -1.22. The molecule has 1 aromatic carbocycles. The van der Waals surface area contributed by atoms with Gasteiger partial charge in [-0.05, 0) is 31.9 Å². The minimum absolute atomic E-state index is 0.0272. The number of para-hydroxylation sites is 2. The molecule has 0 saturated carbocycles. The Balaban J connectivity index is 1.57. The summed E-state index contributed by atoms with van der Waals surface area (Å²) in [6.45, 7) is 2.85. The third kappa shape index (κ3) is 3.69. The van der Waals surface area contributed by atoms with E-state index in [4.69, 9.17) is 0 Å². The number of aryl methyl sites for hydroxylation is 1. The third-order valence-corrected chi connectivity index (χ3v) is 6.76. The van der Waals surface area contributed by atoms with Gasteiger partial charge in [0.25, 0.3) is 0 Å². The van der Waals surface area contributed by atoms with Gasteiger partial charge in [0.2, 0.25) is 15.9 Å². The largest absolute Gasteiger partial charge is 0.349 e. The quantitative estimate of drug-likeness (QED) is 0.865. The van der Waals surface area contributed by atoms with E-state index in [1.54, 1.807) is 6.92 Å². The van der Waals surface area contributed by atoms with Crippen LogP contribution in [0.4, 0.5) is 0 Å². The lowest BCUT2D eigenvalue weighted by Crippen LogP contribution is -2.43. The smallest absolute Gasteiger partial charge is 0.223 e. The fourth-order valence-corrected chi connectivity index (χ4v) is 4.38. The molecule has 2 aromatic rings. The molecule has 1 amide bonds. The molecule has 25 heavy (non-hydrogen) atoms. The number of hydrogen-bond donors (Lipinski definition) is 1. The summed E-state index contributed by atoms with van der Waals surface area (Å²) in [5.74, 6) is 0.746. The number of amides is 1. The van der Waals surface area contributed by atoms with E-state index < -0.39 is 10.0 Å². The number of aromatic nitrogens is 2. The molecule has 1 N–H and O–H groups in total. The van der Waals surface area contributed by atoms with Crippen molar-refractivity contribution in [1.29, 1.82) is 0 Å². The third-order valence-electron chi connectivity index (χ3n) is 4.88. The molecule has 0 unspecified atom stereocenters. The van der Waals surface area contributed by atoms with Crippen LogP contribution in [0.25, 0.3) is 11.0 Å². The van der Waals surface area contributed by atoms with E-state index in [1.165, 1.54) is 4.31 Å². The van der Waals surface area contributed by atoms with Gasteiger partial charge in [-0.2, -0.15) is 0 Å². The number of hydrogen-bond acceptors (Lipinski definition) is 4. The molecule has 1 aliphatic heterocycles. The number of rotatable bonds is 5. The molecule has 0 aliphatic carbocycles. The molecule has 0 atom stereocenters. The van der Waals surface area contributed by atoms with Crippen LogP contribution in [0.5, 0.6) is 0 Å². The van der Waals surface area contributed by atoms with Crippen LogP contribution < -0.4 is 5.32 Å². The van der Waals surface area contributed by atoms with E-state index in [9.17, 15) is 13.2 Å². The Labute approximate surface area is 148 Å². The topological polar surface area (TPSA) is 84.3 Å². The van der Waals surface area contributed by atoms with Gasteiger partial charge in [0.15, 0.2) is 0 Å². The van der Waals surface area contributed by atoms with E-state index in [0.717, 1.165) is 16.9 Å². The van der Waals surface area contributed by atoms with Gasteiger partial charge in [0.1, 0.15) is 5.82 Å². The van der Waals surface area contributed by atoms with Gasteiger partial charge in [0.05, 0.1) is 23.3 Å². The van der Waals surface area contributed by atoms with Crippen LogP contribution in [-0.2, 0) is 28.4 Å². The maximum Gasteiger partial charge on any atom is 0.223 e. The first-order chi connectivity index (χ1) is 11.9. The zero-order valence-electron chi connectivity index (χ0n) is 14.6. The lowest BCUT2D eigenvalue weighted by atomic mass is 9.97. The van der Waals surface area contributed by atoms with Crippen molar-refractivity contribution in [2.75, 3.05) is 18.8 Å². The zero-order chi connectivity index (χ0) is 18.0. The predicted molar refractivity (Wildman–Crippen MR) is 96.3 cm³/mol. The predicted octanol–water partition coefficient (Wildman–Crippen LogP) is 1.25. The van der Waals surface area contributed by atoms with Crippen molar-refractivity contribution in [2.45, 2.75) is 26.3 Å². The number of nitrogens with zero attached hydrogens (tertiary/aromatic N) is 3. The monoisotopic (exact) mass is 364 g/mol. The minimum Gasteiger partial charge on any atom is -0.349 e. The highest BCUT2D eigenvalue weighted by Crippen LogP contribution is 2.20. The molecule has 7 nitrogen and oxygen atoms in total. The number of benzene rings is 1. The molecule has 0 spiro atoms. The molecule has 8 heteroatoms. The highest BCUT2D eigenvalue weighted by Gasteiger charge is 2.30. The summed E-state index contributed by atoms with van der Waals surface area (Å²) in [6.07, 6.45) is 1.13. The second kappa shape index (κ2) is 7.13.